The first-order valence-electron chi connectivity index (χ1n) is 6.34. The Kier molecular flexibility index (Phi) is 4.79. The van der Waals surface area contributed by atoms with Gasteiger partial charge in [-0.25, -0.2) is 14.1 Å². The normalized spacial score (nSPS) is 12.8. The van der Waals surface area contributed by atoms with Crippen molar-refractivity contribution in [2.75, 3.05) is 4.31 Å². The third kappa shape index (κ3) is 3.26. The minimum absolute atomic E-state index is 0.120. The first kappa shape index (κ1) is 16.4. The number of carboxylic acids is 1. The molecule has 22 heavy (non-hydrogen) atoms. The van der Waals surface area contributed by atoms with Crippen molar-refractivity contribution >= 4 is 32.6 Å². The number of benzene rings is 1. The molecule has 0 radical (unpaired) electrons. The van der Waals surface area contributed by atoms with Crippen molar-refractivity contribution in [3.05, 3.63) is 47.1 Å². The zero-order valence-electron chi connectivity index (χ0n) is 11.6. The summed E-state index contributed by atoms with van der Waals surface area (Å²) in [5.74, 6) is -1.35. The number of thiazole rings is 1. The number of carboxylic acid groups (broad SMARTS) is 1. The molecular formula is C13H14N2O5S2. The minimum Gasteiger partial charge on any atom is -0.476 e. The molecule has 0 bridgehead atoms. The van der Waals surface area contributed by atoms with Crippen molar-refractivity contribution in [1.29, 1.82) is 0 Å². The number of aromatic nitrogens is 1. The molecular weight excluding hydrogens is 328 g/mol. The number of hydrogen-bond donors (Lipinski definition) is 2. The van der Waals surface area contributed by atoms with Crippen LogP contribution in [0.25, 0.3) is 0 Å². The van der Waals surface area contributed by atoms with Crippen LogP contribution in [0.15, 0.2) is 35.8 Å². The first-order valence-corrected chi connectivity index (χ1v) is 8.62. The van der Waals surface area contributed by atoms with Gasteiger partial charge in [-0.3, -0.25) is 4.55 Å². The Morgan fingerprint density at radius 1 is 1.36 bits per heavy atom. The number of carbonyl (C=O) groups is 1. The molecule has 1 aromatic carbocycles. The largest absolute Gasteiger partial charge is 0.476 e. The highest BCUT2D eigenvalue weighted by atomic mass is 32.2. The third-order valence-electron chi connectivity index (χ3n) is 3.05. The van der Waals surface area contributed by atoms with Crippen LogP contribution >= 0.6 is 11.3 Å². The van der Waals surface area contributed by atoms with Crippen molar-refractivity contribution in [3.63, 3.8) is 0 Å². The SMILES string of the molecule is CCC(c1ccccc1)N(c1scnc1C(=O)O)S(=O)(=O)O. The molecule has 1 aromatic heterocycles. The molecule has 2 rings (SSSR count). The van der Waals surface area contributed by atoms with Crippen molar-refractivity contribution in [2.24, 2.45) is 0 Å². The molecule has 7 nitrogen and oxygen atoms in total. The van der Waals surface area contributed by atoms with Crippen LogP contribution in [0.2, 0.25) is 0 Å². The number of rotatable bonds is 6. The lowest BCUT2D eigenvalue weighted by atomic mass is 10.0. The van der Waals surface area contributed by atoms with Crippen molar-refractivity contribution in [1.82, 2.24) is 4.98 Å². The van der Waals surface area contributed by atoms with Gasteiger partial charge in [0.1, 0.15) is 5.00 Å². The number of anilines is 1. The van der Waals surface area contributed by atoms with Gasteiger partial charge in [0.05, 0.1) is 11.6 Å². The standard InChI is InChI=1S/C13H14N2O5S2/c1-2-10(9-6-4-3-5-7-9)15(22(18,19)20)12-11(13(16)17)14-8-21-12/h3-8,10H,2H2,1H3,(H,16,17)(H,18,19,20). The van der Waals surface area contributed by atoms with Crippen LogP contribution in [-0.4, -0.2) is 29.0 Å². The zero-order valence-corrected chi connectivity index (χ0v) is 13.2. The molecule has 0 amide bonds. The average Bonchev–Trinajstić information content (AvgIpc) is 2.93. The molecule has 2 N–H and O–H groups in total. The van der Waals surface area contributed by atoms with Crippen LogP contribution in [-0.2, 0) is 10.3 Å². The van der Waals surface area contributed by atoms with E-state index in [2.05, 4.69) is 4.98 Å². The van der Waals surface area contributed by atoms with Gasteiger partial charge in [-0.15, -0.1) is 11.3 Å². The predicted octanol–water partition coefficient (Wildman–Crippen LogP) is 2.60. The zero-order chi connectivity index (χ0) is 16.3. The van der Waals surface area contributed by atoms with Crippen LogP contribution in [0.5, 0.6) is 0 Å². The molecule has 0 saturated carbocycles. The highest BCUT2D eigenvalue weighted by Gasteiger charge is 2.33. The highest BCUT2D eigenvalue weighted by Crippen LogP contribution is 2.36. The molecule has 2 aromatic rings. The molecule has 118 valence electrons. The molecule has 9 heteroatoms. The van der Waals surface area contributed by atoms with Gasteiger partial charge in [0.25, 0.3) is 0 Å². The van der Waals surface area contributed by atoms with Gasteiger partial charge < -0.3 is 5.11 Å². The number of nitrogens with zero attached hydrogens (tertiary/aromatic N) is 2. The maximum atomic E-state index is 11.8. The van der Waals surface area contributed by atoms with Gasteiger partial charge in [-0.2, -0.15) is 8.42 Å². The Hall–Kier alpha value is -1.97. The van der Waals surface area contributed by atoms with E-state index < -0.39 is 28.0 Å². The molecule has 1 unspecified atom stereocenters. The smallest absolute Gasteiger partial charge is 0.361 e. The lowest BCUT2D eigenvalue weighted by Crippen LogP contribution is -2.34. The Bertz CT molecular complexity index is 758. The molecule has 0 aliphatic heterocycles. The maximum absolute atomic E-state index is 11.8. The van der Waals surface area contributed by atoms with Crippen LogP contribution in [0, 0.1) is 0 Å². The van der Waals surface area contributed by atoms with Crippen molar-refractivity contribution in [2.45, 2.75) is 19.4 Å². The lowest BCUT2D eigenvalue weighted by molar-refractivity contribution is 0.0692. The molecule has 0 spiro atoms. The average molecular weight is 342 g/mol. The topological polar surface area (TPSA) is 108 Å². The lowest BCUT2D eigenvalue weighted by Gasteiger charge is -2.28. The molecule has 0 saturated heterocycles. The van der Waals surface area contributed by atoms with Gasteiger partial charge in [0.15, 0.2) is 5.69 Å². The summed E-state index contributed by atoms with van der Waals surface area (Å²) in [6, 6.07) is 7.97. The first-order chi connectivity index (χ1) is 10.4. The van der Waals surface area contributed by atoms with E-state index in [0.717, 1.165) is 11.3 Å². The number of aromatic carboxylic acids is 1. The minimum atomic E-state index is -4.66. The fraction of sp³-hybridized carbons (Fsp3) is 0.231. The fourth-order valence-electron chi connectivity index (χ4n) is 2.16. The van der Waals surface area contributed by atoms with Crippen molar-refractivity contribution < 1.29 is 22.9 Å². The summed E-state index contributed by atoms with van der Waals surface area (Å²) < 4.78 is 34.0. The van der Waals surface area contributed by atoms with E-state index in [4.69, 9.17) is 5.11 Å². The van der Waals surface area contributed by atoms with Gasteiger partial charge in [-0.1, -0.05) is 37.3 Å². The summed E-state index contributed by atoms with van der Waals surface area (Å²) >= 11 is 0.846. The van der Waals surface area contributed by atoms with Crippen LogP contribution in [0.3, 0.4) is 0 Å². The van der Waals surface area contributed by atoms with E-state index in [9.17, 15) is 17.8 Å². The Balaban J connectivity index is 2.60. The van der Waals surface area contributed by atoms with E-state index in [-0.39, 0.29) is 5.00 Å². The van der Waals surface area contributed by atoms with E-state index in [1.54, 1.807) is 37.3 Å². The van der Waals surface area contributed by atoms with E-state index in [0.29, 0.717) is 16.3 Å². The Morgan fingerprint density at radius 3 is 2.50 bits per heavy atom. The molecule has 0 aliphatic rings. The van der Waals surface area contributed by atoms with Crippen LogP contribution < -0.4 is 4.31 Å². The summed E-state index contributed by atoms with van der Waals surface area (Å²) in [6.07, 6.45) is 0.348. The summed E-state index contributed by atoms with van der Waals surface area (Å²) in [6.45, 7) is 1.75. The van der Waals surface area contributed by atoms with E-state index in [1.807, 2.05) is 0 Å². The van der Waals surface area contributed by atoms with E-state index >= 15 is 0 Å². The monoisotopic (exact) mass is 342 g/mol. The second-order valence-corrected chi connectivity index (χ2v) is 6.54. The Labute approximate surface area is 131 Å². The quantitative estimate of drug-likeness (QED) is 0.781. The summed E-state index contributed by atoms with van der Waals surface area (Å²) in [7, 11) is -4.66. The predicted molar refractivity (Wildman–Crippen MR) is 82.6 cm³/mol. The summed E-state index contributed by atoms with van der Waals surface area (Å²) in [5, 5.41) is 9.02. The van der Waals surface area contributed by atoms with Gasteiger partial charge >= 0.3 is 16.3 Å². The van der Waals surface area contributed by atoms with Crippen LogP contribution in [0.4, 0.5) is 5.00 Å². The fourth-order valence-corrected chi connectivity index (χ4v) is 4.20. The Morgan fingerprint density at radius 2 is 2.00 bits per heavy atom. The van der Waals surface area contributed by atoms with Gasteiger partial charge in [-0.05, 0) is 12.0 Å². The molecule has 1 atom stereocenters. The van der Waals surface area contributed by atoms with Crippen molar-refractivity contribution in [3.8, 4) is 0 Å². The van der Waals surface area contributed by atoms with Crippen LogP contribution in [0.1, 0.15) is 35.4 Å². The van der Waals surface area contributed by atoms with Gasteiger partial charge in [0.2, 0.25) is 0 Å². The highest BCUT2D eigenvalue weighted by molar-refractivity contribution is 7.87. The molecule has 0 aliphatic carbocycles. The van der Waals surface area contributed by atoms with E-state index in [1.165, 1.54) is 5.51 Å². The molecule has 0 fully saturated rings. The molecule has 1 heterocycles. The maximum Gasteiger partial charge on any atom is 0.361 e. The summed E-state index contributed by atoms with van der Waals surface area (Å²) in [4.78, 5) is 14.9. The number of hydrogen-bond acceptors (Lipinski definition) is 5. The second kappa shape index (κ2) is 6.42. The third-order valence-corrected chi connectivity index (χ3v) is 4.93. The second-order valence-electron chi connectivity index (χ2n) is 4.42. The summed E-state index contributed by atoms with van der Waals surface area (Å²) in [5.41, 5.74) is 1.47. The van der Waals surface area contributed by atoms with Gasteiger partial charge in [0, 0.05) is 0 Å².